The fourth-order valence-electron chi connectivity index (χ4n) is 1.47. The van der Waals surface area contributed by atoms with Crippen molar-refractivity contribution in [3.8, 4) is 0 Å². The van der Waals surface area contributed by atoms with Crippen molar-refractivity contribution < 1.29 is 4.39 Å². The number of aromatic nitrogens is 2. The second-order valence-corrected chi connectivity index (χ2v) is 5.33. The van der Waals surface area contributed by atoms with Gasteiger partial charge in [0.2, 0.25) is 0 Å². The molecular weight excluding hydrogens is 249 g/mol. The highest BCUT2D eigenvalue weighted by Crippen LogP contribution is 2.27. The van der Waals surface area contributed by atoms with Crippen LogP contribution in [0, 0.1) is 5.82 Å². The average Bonchev–Trinajstić information content (AvgIpc) is 2.82. The van der Waals surface area contributed by atoms with Crippen LogP contribution >= 0.6 is 11.8 Å². The molecular formula is C13H16FN3S. The monoisotopic (exact) mass is 265 g/mol. The van der Waals surface area contributed by atoms with Gasteiger partial charge in [-0.05, 0) is 29.5 Å². The molecule has 3 nitrogen and oxygen atoms in total. The minimum atomic E-state index is -0.209. The van der Waals surface area contributed by atoms with Crippen molar-refractivity contribution in [2.45, 2.75) is 36.5 Å². The van der Waals surface area contributed by atoms with Crippen LogP contribution in [0.15, 0.2) is 40.6 Å². The SMILES string of the molecule is CC(C)NCc1ccc(Sc2ncc[nH]2)c(F)c1. The Morgan fingerprint density at radius 1 is 1.44 bits per heavy atom. The number of benzene rings is 1. The maximum Gasteiger partial charge on any atom is 0.170 e. The van der Waals surface area contributed by atoms with Crippen molar-refractivity contribution >= 4 is 11.8 Å². The van der Waals surface area contributed by atoms with Crippen LogP contribution in [0.3, 0.4) is 0 Å². The number of rotatable bonds is 5. The smallest absolute Gasteiger partial charge is 0.170 e. The Morgan fingerprint density at radius 2 is 2.28 bits per heavy atom. The second kappa shape index (κ2) is 6.02. The largest absolute Gasteiger partial charge is 0.339 e. The molecule has 1 aromatic carbocycles. The van der Waals surface area contributed by atoms with E-state index >= 15 is 0 Å². The van der Waals surface area contributed by atoms with E-state index in [1.165, 1.54) is 11.8 Å². The highest BCUT2D eigenvalue weighted by Gasteiger charge is 2.07. The van der Waals surface area contributed by atoms with Crippen LogP contribution in [0.1, 0.15) is 19.4 Å². The first-order valence-electron chi connectivity index (χ1n) is 5.84. The molecule has 18 heavy (non-hydrogen) atoms. The van der Waals surface area contributed by atoms with Crippen molar-refractivity contribution in [1.29, 1.82) is 0 Å². The molecule has 0 spiro atoms. The van der Waals surface area contributed by atoms with Gasteiger partial charge in [0.15, 0.2) is 5.16 Å². The molecule has 96 valence electrons. The third-order valence-corrected chi connectivity index (χ3v) is 3.36. The summed E-state index contributed by atoms with van der Waals surface area (Å²) in [6.07, 6.45) is 3.38. The quantitative estimate of drug-likeness (QED) is 0.872. The van der Waals surface area contributed by atoms with Crippen LogP contribution < -0.4 is 5.32 Å². The molecule has 0 atom stereocenters. The zero-order valence-corrected chi connectivity index (χ0v) is 11.2. The summed E-state index contributed by atoms with van der Waals surface area (Å²) in [5.74, 6) is -0.209. The van der Waals surface area contributed by atoms with Gasteiger partial charge in [-0.3, -0.25) is 0 Å². The summed E-state index contributed by atoms with van der Waals surface area (Å²) >= 11 is 1.29. The molecule has 0 fully saturated rings. The summed E-state index contributed by atoms with van der Waals surface area (Å²) in [6, 6.07) is 5.69. The molecule has 0 saturated carbocycles. The van der Waals surface area contributed by atoms with E-state index in [1.54, 1.807) is 24.5 Å². The zero-order chi connectivity index (χ0) is 13.0. The molecule has 0 saturated heterocycles. The van der Waals surface area contributed by atoms with E-state index in [9.17, 15) is 4.39 Å². The summed E-state index contributed by atoms with van der Waals surface area (Å²) in [5.41, 5.74) is 0.949. The Labute approximate surface area is 110 Å². The molecule has 0 aliphatic rings. The summed E-state index contributed by atoms with van der Waals surface area (Å²) in [7, 11) is 0. The lowest BCUT2D eigenvalue weighted by Crippen LogP contribution is -2.21. The van der Waals surface area contributed by atoms with E-state index in [2.05, 4.69) is 29.1 Å². The average molecular weight is 265 g/mol. The Bertz CT molecular complexity index is 497. The van der Waals surface area contributed by atoms with Gasteiger partial charge in [-0.15, -0.1) is 0 Å². The van der Waals surface area contributed by atoms with Gasteiger partial charge in [-0.25, -0.2) is 9.37 Å². The van der Waals surface area contributed by atoms with Crippen LogP contribution in [0.5, 0.6) is 0 Å². The molecule has 1 heterocycles. The molecule has 2 N–H and O–H groups in total. The van der Waals surface area contributed by atoms with Crippen molar-refractivity contribution in [3.63, 3.8) is 0 Å². The minimum Gasteiger partial charge on any atom is -0.339 e. The fraction of sp³-hybridized carbons (Fsp3) is 0.308. The van der Waals surface area contributed by atoms with E-state index in [0.29, 0.717) is 22.6 Å². The first-order valence-corrected chi connectivity index (χ1v) is 6.66. The Balaban J connectivity index is 2.05. The maximum absolute atomic E-state index is 13.9. The number of hydrogen-bond acceptors (Lipinski definition) is 3. The standard InChI is InChI=1S/C13H16FN3S/c1-9(2)17-8-10-3-4-12(11(14)7-10)18-13-15-5-6-16-13/h3-7,9,17H,8H2,1-2H3,(H,15,16). The third-order valence-electron chi connectivity index (χ3n) is 2.39. The summed E-state index contributed by atoms with van der Waals surface area (Å²) in [5, 5.41) is 3.96. The maximum atomic E-state index is 13.9. The Morgan fingerprint density at radius 3 is 2.89 bits per heavy atom. The van der Waals surface area contributed by atoms with Gasteiger partial charge in [-0.1, -0.05) is 19.9 Å². The van der Waals surface area contributed by atoms with E-state index in [-0.39, 0.29) is 5.82 Å². The summed E-state index contributed by atoms with van der Waals surface area (Å²) in [4.78, 5) is 7.59. The van der Waals surface area contributed by atoms with E-state index < -0.39 is 0 Å². The third kappa shape index (κ3) is 3.58. The van der Waals surface area contributed by atoms with E-state index in [1.807, 2.05) is 6.07 Å². The van der Waals surface area contributed by atoms with E-state index in [0.717, 1.165) is 5.56 Å². The van der Waals surface area contributed by atoms with Gasteiger partial charge in [0.05, 0.1) is 4.90 Å². The van der Waals surface area contributed by atoms with E-state index in [4.69, 9.17) is 0 Å². The normalized spacial score (nSPS) is 11.1. The number of halogens is 1. The first-order chi connectivity index (χ1) is 8.65. The molecule has 0 bridgehead atoms. The van der Waals surface area contributed by atoms with Gasteiger partial charge in [0, 0.05) is 25.0 Å². The predicted octanol–water partition coefficient (Wildman–Crippen LogP) is 3.20. The van der Waals surface area contributed by atoms with Crippen LogP contribution in [0.2, 0.25) is 0 Å². The molecule has 0 aliphatic heterocycles. The van der Waals surface area contributed by atoms with Crippen molar-refractivity contribution in [2.24, 2.45) is 0 Å². The van der Waals surface area contributed by atoms with Crippen molar-refractivity contribution in [1.82, 2.24) is 15.3 Å². The Hall–Kier alpha value is -1.33. The number of nitrogens with one attached hydrogen (secondary N) is 2. The number of imidazole rings is 1. The van der Waals surface area contributed by atoms with Crippen LogP contribution in [0.4, 0.5) is 4.39 Å². The highest BCUT2D eigenvalue weighted by molar-refractivity contribution is 7.99. The minimum absolute atomic E-state index is 0.209. The second-order valence-electron chi connectivity index (χ2n) is 4.30. The van der Waals surface area contributed by atoms with Gasteiger partial charge >= 0.3 is 0 Å². The zero-order valence-electron chi connectivity index (χ0n) is 10.4. The van der Waals surface area contributed by atoms with Gasteiger partial charge in [0.25, 0.3) is 0 Å². The number of nitrogens with zero attached hydrogens (tertiary/aromatic N) is 1. The molecule has 1 aromatic heterocycles. The molecule has 0 aliphatic carbocycles. The van der Waals surface area contributed by atoms with Gasteiger partial charge in [-0.2, -0.15) is 0 Å². The molecule has 5 heteroatoms. The van der Waals surface area contributed by atoms with Crippen LogP contribution in [-0.4, -0.2) is 16.0 Å². The van der Waals surface area contributed by atoms with Gasteiger partial charge < -0.3 is 10.3 Å². The lowest BCUT2D eigenvalue weighted by atomic mass is 10.2. The molecule has 2 rings (SSSR count). The van der Waals surface area contributed by atoms with Crippen molar-refractivity contribution in [3.05, 3.63) is 42.0 Å². The lowest BCUT2D eigenvalue weighted by Gasteiger charge is -2.09. The fourth-order valence-corrected chi connectivity index (χ4v) is 2.21. The lowest BCUT2D eigenvalue weighted by molar-refractivity contribution is 0.574. The first kappa shape index (κ1) is 13.1. The molecule has 0 amide bonds. The number of aromatic amines is 1. The molecule has 0 unspecified atom stereocenters. The molecule has 2 aromatic rings. The molecule has 0 radical (unpaired) electrons. The van der Waals surface area contributed by atoms with Crippen LogP contribution in [0.25, 0.3) is 0 Å². The highest BCUT2D eigenvalue weighted by atomic mass is 32.2. The summed E-state index contributed by atoms with van der Waals surface area (Å²) in [6.45, 7) is 4.81. The Kier molecular flexibility index (Phi) is 4.38. The topological polar surface area (TPSA) is 40.7 Å². The van der Waals surface area contributed by atoms with Crippen LogP contribution in [-0.2, 0) is 6.54 Å². The summed E-state index contributed by atoms with van der Waals surface area (Å²) < 4.78 is 13.9. The number of hydrogen-bond donors (Lipinski definition) is 2. The number of H-pyrrole nitrogens is 1. The predicted molar refractivity (Wildman–Crippen MR) is 71.1 cm³/mol. The van der Waals surface area contributed by atoms with Crippen molar-refractivity contribution in [2.75, 3.05) is 0 Å². The van der Waals surface area contributed by atoms with Gasteiger partial charge in [0.1, 0.15) is 5.82 Å².